The number of aryl methyl sites for hydroxylation is 1. The number of anilines is 1. The third kappa shape index (κ3) is 3.81. The van der Waals surface area contributed by atoms with E-state index in [0.29, 0.717) is 41.7 Å². The first-order valence-electron chi connectivity index (χ1n) is 11.9. The molecule has 0 aliphatic carbocycles. The second kappa shape index (κ2) is 8.42. The number of nitrogens with zero attached hydrogens (tertiary/aromatic N) is 4. The molecule has 1 saturated heterocycles. The highest BCUT2D eigenvalue weighted by molar-refractivity contribution is 6.06. The first-order valence-corrected chi connectivity index (χ1v) is 11.9. The van der Waals surface area contributed by atoms with Crippen molar-refractivity contribution in [1.82, 2.24) is 24.8 Å². The molecule has 5 heterocycles. The maximum atomic E-state index is 12.7. The maximum absolute atomic E-state index is 12.7. The van der Waals surface area contributed by atoms with Gasteiger partial charge in [-0.25, -0.2) is 9.97 Å². The third-order valence-corrected chi connectivity index (χ3v) is 6.77. The number of aromatic nitrogens is 4. The topological polar surface area (TPSA) is 99.4 Å². The summed E-state index contributed by atoms with van der Waals surface area (Å²) in [6.07, 6.45) is 0. The molecule has 0 radical (unpaired) electrons. The smallest absolute Gasteiger partial charge is 0.180 e. The van der Waals surface area contributed by atoms with Crippen LogP contribution in [0.25, 0.3) is 33.8 Å². The van der Waals surface area contributed by atoms with Gasteiger partial charge in [0.2, 0.25) is 0 Å². The summed E-state index contributed by atoms with van der Waals surface area (Å²) in [6.45, 7) is 8.44. The number of carbonyl (C=O) groups is 1. The molecule has 0 saturated carbocycles. The number of fused-ring (bicyclic) bond motifs is 2. The van der Waals surface area contributed by atoms with Gasteiger partial charge in [0.15, 0.2) is 28.8 Å². The van der Waals surface area contributed by atoms with Crippen LogP contribution in [0, 0.1) is 6.92 Å². The number of hydrogen-bond donors (Lipinski definition) is 2. The molecule has 2 aliphatic rings. The first kappa shape index (κ1) is 21.7. The maximum Gasteiger partial charge on any atom is 0.180 e. The number of Topliss-reactive ketones (excluding diaryl/α,β-unsaturated/α-hetero) is 1. The largest absolute Gasteiger partial charge is 0.486 e. The van der Waals surface area contributed by atoms with Crippen molar-refractivity contribution in [2.24, 2.45) is 0 Å². The summed E-state index contributed by atoms with van der Waals surface area (Å²) < 4.78 is 11.5. The zero-order chi connectivity index (χ0) is 24.1. The Kier molecular flexibility index (Phi) is 5.21. The van der Waals surface area contributed by atoms with Gasteiger partial charge >= 0.3 is 0 Å². The predicted molar refractivity (Wildman–Crippen MR) is 135 cm³/mol. The molecule has 4 aromatic rings. The van der Waals surface area contributed by atoms with Crippen LogP contribution in [0.4, 0.5) is 5.82 Å². The van der Waals surface area contributed by atoms with Crippen LogP contribution in [0.1, 0.15) is 23.0 Å². The van der Waals surface area contributed by atoms with Gasteiger partial charge in [-0.3, -0.25) is 4.79 Å². The molecule has 35 heavy (non-hydrogen) atoms. The van der Waals surface area contributed by atoms with Crippen LogP contribution in [0.15, 0.2) is 30.3 Å². The van der Waals surface area contributed by atoms with Gasteiger partial charge in [-0.2, -0.15) is 0 Å². The Morgan fingerprint density at radius 2 is 1.74 bits per heavy atom. The Balaban J connectivity index is 1.44. The van der Waals surface area contributed by atoms with Crippen molar-refractivity contribution < 1.29 is 14.3 Å². The number of H-pyrrole nitrogens is 2. The number of aromatic amines is 2. The van der Waals surface area contributed by atoms with Crippen LogP contribution in [-0.4, -0.2) is 77.1 Å². The second-order valence-electron chi connectivity index (χ2n) is 9.21. The Morgan fingerprint density at radius 1 is 0.971 bits per heavy atom. The van der Waals surface area contributed by atoms with Crippen molar-refractivity contribution in [1.29, 1.82) is 0 Å². The van der Waals surface area contributed by atoms with E-state index < -0.39 is 0 Å². The minimum atomic E-state index is -0.0125. The van der Waals surface area contributed by atoms with E-state index in [1.807, 2.05) is 37.3 Å². The molecule has 9 heteroatoms. The summed E-state index contributed by atoms with van der Waals surface area (Å²) in [5.41, 5.74) is 5.36. The highest BCUT2D eigenvalue weighted by Crippen LogP contribution is 2.41. The number of ether oxygens (including phenoxy) is 2. The van der Waals surface area contributed by atoms with E-state index >= 15 is 0 Å². The predicted octanol–water partition coefficient (Wildman–Crippen LogP) is 3.65. The van der Waals surface area contributed by atoms with E-state index in [1.165, 1.54) is 0 Å². The molecule has 1 aromatic carbocycles. The van der Waals surface area contributed by atoms with Crippen LogP contribution >= 0.6 is 0 Å². The molecule has 9 nitrogen and oxygen atoms in total. The molecule has 0 amide bonds. The standard InChI is InChI=1S/C26H28N6O3/c1-15-22(16(2)33)23(17-4-6-19-20(14-17)35-13-12-34-19)24(27-15)26-28-18-5-7-21(29-25(18)30-26)32-10-8-31(3)9-11-32/h4-7,14,27H,8-13H2,1-3H3,(H,28,29,30). The van der Waals surface area contributed by atoms with E-state index in [4.69, 9.17) is 19.4 Å². The minimum Gasteiger partial charge on any atom is -0.486 e. The lowest BCUT2D eigenvalue weighted by Crippen LogP contribution is -2.44. The summed E-state index contributed by atoms with van der Waals surface area (Å²) >= 11 is 0. The van der Waals surface area contributed by atoms with Gasteiger partial charge in [-0.1, -0.05) is 6.07 Å². The number of pyridine rings is 1. The van der Waals surface area contributed by atoms with Gasteiger partial charge in [0.1, 0.15) is 19.0 Å². The molecule has 0 bridgehead atoms. The van der Waals surface area contributed by atoms with Crippen molar-refractivity contribution in [2.45, 2.75) is 13.8 Å². The Bertz CT molecular complexity index is 1430. The zero-order valence-corrected chi connectivity index (χ0v) is 20.1. The molecule has 2 aliphatic heterocycles. The summed E-state index contributed by atoms with van der Waals surface area (Å²) in [5.74, 6) is 2.95. The number of rotatable bonds is 4. The van der Waals surface area contributed by atoms with Gasteiger partial charge in [0, 0.05) is 43.0 Å². The van der Waals surface area contributed by atoms with E-state index in [-0.39, 0.29) is 5.78 Å². The molecule has 180 valence electrons. The van der Waals surface area contributed by atoms with Gasteiger partial charge in [0.05, 0.1) is 11.2 Å². The lowest BCUT2D eigenvalue weighted by molar-refractivity contribution is 0.101. The van der Waals surface area contributed by atoms with Crippen molar-refractivity contribution >= 4 is 22.8 Å². The number of ketones is 1. The number of benzene rings is 1. The average molecular weight is 473 g/mol. The fourth-order valence-electron chi connectivity index (χ4n) is 4.94. The summed E-state index contributed by atoms with van der Waals surface area (Å²) in [4.78, 5) is 33.8. The average Bonchev–Trinajstić information content (AvgIpc) is 3.44. The lowest BCUT2D eigenvalue weighted by atomic mass is 9.97. The summed E-state index contributed by atoms with van der Waals surface area (Å²) in [6, 6.07) is 9.84. The fourth-order valence-corrected chi connectivity index (χ4v) is 4.94. The van der Waals surface area contributed by atoms with Crippen LogP contribution < -0.4 is 14.4 Å². The van der Waals surface area contributed by atoms with Crippen molar-refractivity contribution in [2.75, 3.05) is 51.3 Å². The molecular formula is C26H28N6O3. The Labute approximate surface area is 203 Å². The van der Waals surface area contributed by atoms with Crippen molar-refractivity contribution in [3.05, 3.63) is 41.6 Å². The monoisotopic (exact) mass is 472 g/mol. The third-order valence-electron chi connectivity index (χ3n) is 6.77. The van der Waals surface area contributed by atoms with Crippen LogP contribution in [0.2, 0.25) is 0 Å². The summed E-state index contributed by atoms with van der Waals surface area (Å²) in [7, 11) is 2.14. The zero-order valence-electron chi connectivity index (χ0n) is 20.1. The van der Waals surface area contributed by atoms with Gasteiger partial charge in [-0.15, -0.1) is 0 Å². The molecule has 1 fully saturated rings. The number of carbonyl (C=O) groups excluding carboxylic acids is 1. The Hall–Kier alpha value is -3.85. The minimum absolute atomic E-state index is 0.0125. The quantitative estimate of drug-likeness (QED) is 0.437. The number of piperazine rings is 1. The number of imidazole rings is 1. The fraction of sp³-hybridized carbons (Fsp3) is 0.346. The molecule has 6 rings (SSSR count). The molecule has 2 N–H and O–H groups in total. The SMILES string of the molecule is CC(=O)c1c(C)[nH]c(-c2nc3nc(N4CCN(C)CC4)ccc3[nH]2)c1-c1ccc2c(c1)OCCO2. The number of likely N-dealkylation sites (N-methyl/N-ethyl adjacent to an activating group) is 1. The van der Waals surface area contributed by atoms with Crippen molar-refractivity contribution in [3.63, 3.8) is 0 Å². The lowest BCUT2D eigenvalue weighted by Gasteiger charge is -2.33. The highest BCUT2D eigenvalue weighted by Gasteiger charge is 2.25. The molecule has 0 spiro atoms. The van der Waals surface area contributed by atoms with Crippen molar-refractivity contribution in [3.8, 4) is 34.1 Å². The highest BCUT2D eigenvalue weighted by atomic mass is 16.6. The van der Waals surface area contributed by atoms with E-state index in [1.54, 1.807) is 6.92 Å². The van der Waals surface area contributed by atoms with Crippen LogP contribution in [-0.2, 0) is 0 Å². The van der Waals surface area contributed by atoms with Crippen LogP contribution in [0.3, 0.4) is 0 Å². The molecule has 0 unspecified atom stereocenters. The van der Waals surface area contributed by atoms with Gasteiger partial charge < -0.3 is 29.2 Å². The second-order valence-corrected chi connectivity index (χ2v) is 9.21. The van der Waals surface area contributed by atoms with Gasteiger partial charge in [0.25, 0.3) is 0 Å². The van der Waals surface area contributed by atoms with E-state index in [9.17, 15) is 4.79 Å². The summed E-state index contributed by atoms with van der Waals surface area (Å²) in [5, 5.41) is 0. The Morgan fingerprint density at radius 3 is 2.51 bits per heavy atom. The van der Waals surface area contributed by atoms with Gasteiger partial charge in [-0.05, 0) is 50.7 Å². The number of hydrogen-bond acceptors (Lipinski definition) is 7. The molecule has 3 aromatic heterocycles. The van der Waals surface area contributed by atoms with E-state index in [2.05, 4.69) is 26.8 Å². The number of nitrogens with one attached hydrogen (secondary N) is 2. The van der Waals surface area contributed by atoms with E-state index in [0.717, 1.165) is 60.0 Å². The first-order chi connectivity index (χ1) is 17.0. The molecule has 0 atom stereocenters. The van der Waals surface area contributed by atoms with Crippen LogP contribution in [0.5, 0.6) is 11.5 Å². The molecular weight excluding hydrogens is 444 g/mol. The normalized spacial score (nSPS) is 16.1.